The Bertz CT molecular complexity index is 527. The van der Waals surface area contributed by atoms with Gasteiger partial charge in [0, 0.05) is 12.8 Å². The summed E-state index contributed by atoms with van der Waals surface area (Å²) in [5, 5.41) is 10.6. The fraction of sp³-hybridized carbons (Fsp3) is 0.955. The van der Waals surface area contributed by atoms with E-state index in [0.717, 1.165) is 12.8 Å². The maximum Gasteiger partial charge on any atom is 0.302 e. The fourth-order valence-corrected chi connectivity index (χ4v) is 7.52. The summed E-state index contributed by atoms with van der Waals surface area (Å²) in [6, 6.07) is 0. The highest BCUT2D eigenvalue weighted by Crippen LogP contribution is 2.69. The molecule has 0 amide bonds. The van der Waals surface area contributed by atoms with E-state index in [-0.39, 0.29) is 22.9 Å². The van der Waals surface area contributed by atoms with Gasteiger partial charge in [0.05, 0.1) is 12.7 Å². The molecule has 3 saturated carbocycles. The topological polar surface area (TPSA) is 46.5 Å². The van der Waals surface area contributed by atoms with Gasteiger partial charge >= 0.3 is 5.97 Å². The summed E-state index contributed by atoms with van der Waals surface area (Å²) in [5.74, 6) is 2.18. The summed E-state index contributed by atoms with van der Waals surface area (Å²) in [4.78, 5) is 11.4. The van der Waals surface area contributed by atoms with E-state index in [4.69, 9.17) is 4.74 Å². The van der Waals surface area contributed by atoms with Crippen LogP contribution in [0, 0.1) is 39.9 Å². The van der Waals surface area contributed by atoms with Gasteiger partial charge in [0.25, 0.3) is 0 Å². The molecule has 7 atom stereocenters. The Kier molecular flexibility index (Phi) is 4.80. The quantitative estimate of drug-likeness (QED) is 0.727. The van der Waals surface area contributed by atoms with Crippen LogP contribution < -0.4 is 0 Å². The molecule has 25 heavy (non-hydrogen) atoms. The van der Waals surface area contributed by atoms with E-state index in [0.29, 0.717) is 35.7 Å². The van der Waals surface area contributed by atoms with Gasteiger partial charge in [0.1, 0.15) is 0 Å². The summed E-state index contributed by atoms with van der Waals surface area (Å²) in [6.45, 7) is 14.0. The second-order valence-corrected chi connectivity index (χ2v) is 10.5. The highest BCUT2D eigenvalue weighted by molar-refractivity contribution is 5.65. The zero-order chi connectivity index (χ0) is 18.6. The number of aliphatic hydroxyl groups is 1. The molecule has 144 valence electrons. The summed E-state index contributed by atoms with van der Waals surface area (Å²) in [6.07, 6.45) is 6.80. The molecular formula is C22H38O3. The lowest BCUT2D eigenvalue weighted by atomic mass is 9.38. The van der Waals surface area contributed by atoms with E-state index >= 15 is 0 Å². The Balaban J connectivity index is 1.93. The average molecular weight is 351 g/mol. The molecular weight excluding hydrogens is 312 g/mol. The zero-order valence-corrected chi connectivity index (χ0v) is 17.1. The van der Waals surface area contributed by atoms with Gasteiger partial charge in [-0.25, -0.2) is 0 Å². The van der Waals surface area contributed by atoms with Gasteiger partial charge in [-0.05, 0) is 72.5 Å². The summed E-state index contributed by atoms with van der Waals surface area (Å²) >= 11 is 0. The third-order valence-corrected chi connectivity index (χ3v) is 8.98. The first-order valence-corrected chi connectivity index (χ1v) is 10.3. The van der Waals surface area contributed by atoms with Crippen LogP contribution in [0.3, 0.4) is 0 Å². The van der Waals surface area contributed by atoms with Crippen LogP contribution >= 0.6 is 0 Å². The molecule has 0 heterocycles. The Morgan fingerprint density at radius 2 is 1.64 bits per heavy atom. The first-order valence-electron chi connectivity index (χ1n) is 10.3. The van der Waals surface area contributed by atoms with Crippen molar-refractivity contribution in [3.05, 3.63) is 0 Å². The number of rotatable bonds is 2. The van der Waals surface area contributed by atoms with Crippen molar-refractivity contribution in [2.75, 3.05) is 6.61 Å². The van der Waals surface area contributed by atoms with Crippen LogP contribution in [0.15, 0.2) is 0 Å². The highest BCUT2D eigenvalue weighted by Gasteiger charge is 2.63. The van der Waals surface area contributed by atoms with Crippen molar-refractivity contribution in [2.24, 2.45) is 39.9 Å². The smallest absolute Gasteiger partial charge is 0.302 e. The van der Waals surface area contributed by atoms with Crippen LogP contribution in [-0.2, 0) is 9.53 Å². The van der Waals surface area contributed by atoms with Crippen LogP contribution in [0.25, 0.3) is 0 Å². The van der Waals surface area contributed by atoms with E-state index in [2.05, 4.69) is 34.6 Å². The molecule has 3 heteroatoms. The molecule has 3 rings (SSSR count). The van der Waals surface area contributed by atoms with Crippen molar-refractivity contribution < 1.29 is 14.6 Å². The van der Waals surface area contributed by atoms with Gasteiger partial charge in [-0.1, -0.05) is 34.6 Å². The summed E-state index contributed by atoms with van der Waals surface area (Å²) in [5.41, 5.74) is 0.545. The first-order chi connectivity index (χ1) is 11.5. The Hall–Kier alpha value is -0.570. The average Bonchev–Trinajstić information content (AvgIpc) is 2.50. The highest BCUT2D eigenvalue weighted by atomic mass is 16.5. The van der Waals surface area contributed by atoms with Crippen LogP contribution in [0.4, 0.5) is 0 Å². The predicted molar refractivity (Wildman–Crippen MR) is 100.0 cm³/mol. The largest absolute Gasteiger partial charge is 0.466 e. The third-order valence-electron chi connectivity index (χ3n) is 8.98. The van der Waals surface area contributed by atoms with Gasteiger partial charge in [-0.2, -0.15) is 0 Å². The van der Waals surface area contributed by atoms with E-state index in [9.17, 15) is 9.90 Å². The van der Waals surface area contributed by atoms with E-state index in [1.807, 2.05) is 0 Å². The molecule has 0 radical (unpaired) electrons. The van der Waals surface area contributed by atoms with Crippen LogP contribution in [0.2, 0.25) is 0 Å². The van der Waals surface area contributed by atoms with E-state index in [1.165, 1.54) is 32.6 Å². The van der Waals surface area contributed by atoms with Gasteiger partial charge in [-0.3, -0.25) is 4.79 Å². The van der Waals surface area contributed by atoms with Gasteiger partial charge in [-0.15, -0.1) is 0 Å². The molecule has 0 aliphatic heterocycles. The molecule has 0 aromatic rings. The van der Waals surface area contributed by atoms with Crippen molar-refractivity contribution >= 4 is 5.97 Å². The lowest BCUT2D eigenvalue weighted by Gasteiger charge is -2.67. The lowest BCUT2D eigenvalue weighted by Crippen LogP contribution is -2.62. The maximum atomic E-state index is 11.4. The molecule has 3 aliphatic rings. The molecule has 3 nitrogen and oxygen atoms in total. The van der Waals surface area contributed by atoms with Gasteiger partial charge in [0.15, 0.2) is 0 Å². The molecule has 0 aromatic heterocycles. The predicted octanol–water partition coefficient (Wildman–Crippen LogP) is 4.82. The minimum Gasteiger partial charge on any atom is -0.466 e. The standard InChI is InChI=1S/C22H38O3/c1-14-7-8-18-21(5,16(14)13-25-15(2)23)11-9-17-20(3,4)19(24)10-12-22(17,18)6/h14,16-19,24H,7-13H2,1-6H3/t14-,16?,17+,18+,19+,21+,22+/m1/s1. The van der Waals surface area contributed by atoms with E-state index in [1.54, 1.807) is 0 Å². The normalized spacial score (nSPS) is 49.0. The second-order valence-electron chi connectivity index (χ2n) is 10.5. The summed E-state index contributed by atoms with van der Waals surface area (Å²) < 4.78 is 5.51. The Morgan fingerprint density at radius 1 is 1.00 bits per heavy atom. The SMILES string of the molecule is CC(=O)OCC1[C@H](C)CC[C@@H]2[C@@]3(C)CC[C@H](O)C(C)(C)[C@@H]3CC[C@@]12C. The molecule has 0 saturated heterocycles. The van der Waals surface area contributed by atoms with Gasteiger partial charge in [0.2, 0.25) is 0 Å². The molecule has 1 N–H and O–H groups in total. The molecule has 3 fully saturated rings. The van der Waals surface area contributed by atoms with Crippen molar-refractivity contribution in [2.45, 2.75) is 86.2 Å². The van der Waals surface area contributed by atoms with Crippen molar-refractivity contribution in [1.29, 1.82) is 0 Å². The van der Waals surface area contributed by atoms with Gasteiger partial charge < -0.3 is 9.84 Å². The number of carbonyl (C=O) groups excluding carboxylic acids is 1. The van der Waals surface area contributed by atoms with E-state index < -0.39 is 0 Å². The van der Waals surface area contributed by atoms with Crippen molar-refractivity contribution in [1.82, 2.24) is 0 Å². The lowest BCUT2D eigenvalue weighted by molar-refractivity contribution is -0.205. The first kappa shape index (κ1) is 19.2. The zero-order valence-electron chi connectivity index (χ0n) is 17.1. The number of esters is 1. The molecule has 1 unspecified atom stereocenters. The fourth-order valence-electron chi connectivity index (χ4n) is 7.52. The number of fused-ring (bicyclic) bond motifs is 3. The number of hydrogen-bond donors (Lipinski definition) is 1. The number of aliphatic hydroxyl groups excluding tert-OH is 1. The Morgan fingerprint density at radius 3 is 2.28 bits per heavy atom. The number of ether oxygens (including phenoxy) is 1. The minimum absolute atomic E-state index is 0.00275. The minimum atomic E-state index is -0.172. The van der Waals surface area contributed by atoms with Crippen LogP contribution in [0.5, 0.6) is 0 Å². The monoisotopic (exact) mass is 350 g/mol. The summed E-state index contributed by atoms with van der Waals surface area (Å²) in [7, 11) is 0. The molecule has 0 bridgehead atoms. The molecule has 3 aliphatic carbocycles. The molecule has 0 aromatic carbocycles. The second kappa shape index (κ2) is 6.25. The van der Waals surface area contributed by atoms with Crippen molar-refractivity contribution in [3.8, 4) is 0 Å². The van der Waals surface area contributed by atoms with Crippen LogP contribution in [0.1, 0.15) is 80.1 Å². The number of hydrogen-bond acceptors (Lipinski definition) is 3. The molecule has 0 spiro atoms. The maximum absolute atomic E-state index is 11.4. The van der Waals surface area contributed by atoms with Crippen LogP contribution in [-0.4, -0.2) is 23.8 Å². The number of carbonyl (C=O) groups is 1. The van der Waals surface area contributed by atoms with Crippen molar-refractivity contribution in [3.63, 3.8) is 0 Å². The third kappa shape index (κ3) is 2.85. The Labute approximate surface area is 153 Å².